The van der Waals surface area contributed by atoms with Crippen molar-refractivity contribution in [3.63, 3.8) is 0 Å². The van der Waals surface area contributed by atoms with E-state index in [-0.39, 0.29) is 38.5 Å². The van der Waals surface area contributed by atoms with Gasteiger partial charge in [0.2, 0.25) is 0 Å². The first-order valence-corrected chi connectivity index (χ1v) is 27.0. The first-order valence-electron chi connectivity index (χ1n) is 19.6. The maximum Gasteiger partial charge on any atom is 0.335 e. The summed E-state index contributed by atoms with van der Waals surface area (Å²) in [6.45, 7) is 16.8. The number of hydrazine groups is 1. The third-order valence-corrected chi connectivity index (χ3v) is 13.1. The van der Waals surface area contributed by atoms with Crippen molar-refractivity contribution in [1.29, 1.82) is 0 Å². The largest absolute Gasteiger partial charge is 0.508 e. The molecule has 4 aromatic carbocycles. The van der Waals surface area contributed by atoms with Gasteiger partial charge in [0.15, 0.2) is 18.3 Å². The number of hydrogen-bond donors (Lipinski definition) is 1. The number of nitrogens with zero attached hydrogens (tertiary/aromatic N) is 3. The summed E-state index contributed by atoms with van der Waals surface area (Å²) in [4.78, 5) is 17.2. The minimum Gasteiger partial charge on any atom is -0.508 e. The minimum absolute atomic E-state index is 0.104. The Bertz CT molecular complexity index is 1800. The van der Waals surface area contributed by atoms with E-state index in [1.165, 1.54) is 0 Å². The van der Waals surface area contributed by atoms with Crippen molar-refractivity contribution in [1.82, 2.24) is 14.9 Å². The van der Waals surface area contributed by atoms with Gasteiger partial charge in [-0.2, -0.15) is 0 Å². The van der Waals surface area contributed by atoms with Crippen LogP contribution < -0.4 is 9.47 Å². The van der Waals surface area contributed by atoms with Crippen LogP contribution in [0.5, 0.6) is 17.2 Å². The molecule has 1 saturated heterocycles. The topological polar surface area (TPSA) is 93.2 Å². The second-order valence-corrected chi connectivity index (χ2v) is 28.1. The molecule has 2 amide bonds. The monoisotopic (exact) mass is 799 g/mol. The number of phenolic OH excluding ortho intramolecular Hbond substituents is 1. The Balaban J connectivity index is 1.51. The highest BCUT2D eigenvalue weighted by atomic mass is 28.3. The number of amides is 2. The van der Waals surface area contributed by atoms with Crippen LogP contribution in [-0.4, -0.2) is 88.8 Å². The Morgan fingerprint density at radius 1 is 0.679 bits per heavy atom. The second kappa shape index (κ2) is 20.3. The van der Waals surface area contributed by atoms with Crippen molar-refractivity contribution in [3.8, 4) is 17.2 Å². The molecular formula is C44H61N3O7Si2. The number of rotatable bonds is 20. The zero-order valence-electron chi connectivity index (χ0n) is 34.3. The van der Waals surface area contributed by atoms with Crippen LogP contribution in [0.1, 0.15) is 28.3 Å². The van der Waals surface area contributed by atoms with Crippen molar-refractivity contribution in [2.45, 2.75) is 83.2 Å². The van der Waals surface area contributed by atoms with Crippen molar-refractivity contribution in [2.24, 2.45) is 0 Å². The average Bonchev–Trinajstić information content (AvgIpc) is 3.25. The van der Waals surface area contributed by atoms with E-state index >= 15 is 4.79 Å². The van der Waals surface area contributed by atoms with Crippen LogP contribution in [0.15, 0.2) is 103 Å². The molecule has 5 rings (SSSR count). The highest BCUT2D eigenvalue weighted by Crippen LogP contribution is 2.36. The predicted molar refractivity (Wildman–Crippen MR) is 227 cm³/mol. The van der Waals surface area contributed by atoms with E-state index in [1.807, 2.05) is 82.7 Å². The molecule has 1 fully saturated rings. The highest BCUT2D eigenvalue weighted by molar-refractivity contribution is 6.76. The number of hydrogen-bond acceptors (Lipinski definition) is 8. The van der Waals surface area contributed by atoms with Gasteiger partial charge in [0, 0.05) is 49.0 Å². The van der Waals surface area contributed by atoms with Crippen LogP contribution in [0.3, 0.4) is 0 Å². The zero-order chi connectivity index (χ0) is 40.1. The SMILES string of the molecule is COc1cc(CN2C(=O)N(Cc3cccc(O)c3)C(c3ccccc3)[C@H](OCOCC[Si](C)(C)C)CN2Cc2ccccc2)ccc1OCOCC[Si](C)(C)C. The van der Waals surface area contributed by atoms with Crippen LogP contribution in [0, 0.1) is 0 Å². The van der Waals surface area contributed by atoms with Crippen LogP contribution >= 0.6 is 0 Å². The first kappa shape index (κ1) is 43.0. The van der Waals surface area contributed by atoms with Gasteiger partial charge in [0.25, 0.3) is 0 Å². The third kappa shape index (κ3) is 13.2. The summed E-state index contributed by atoms with van der Waals surface area (Å²) in [5, 5.41) is 14.4. The molecule has 1 unspecified atom stereocenters. The molecule has 0 spiro atoms. The standard InChI is InChI=1S/C44H61N3O7Si2/c1-50-41-28-37(21-22-40(41)53-33-51-23-25-55(2,3)4)31-47-44(49)46(30-36-17-14-20-39(48)27-36)43(38-18-12-9-13-19-38)42(54-34-52-24-26-56(5,6)7)32-45(47)29-35-15-10-8-11-16-35/h8-22,27-28,42-43,48H,23-26,29-34H2,1-7H3/t42-,43?/m1/s1. The average molecular weight is 800 g/mol. The molecule has 1 heterocycles. The summed E-state index contributed by atoms with van der Waals surface area (Å²) < 4.78 is 30.4. The number of methoxy groups -OCH3 is 1. The van der Waals surface area contributed by atoms with Crippen molar-refractivity contribution in [2.75, 3.05) is 40.5 Å². The molecule has 0 aliphatic carbocycles. The lowest BCUT2D eigenvalue weighted by Gasteiger charge is -2.36. The molecule has 10 nitrogen and oxygen atoms in total. The molecular weight excluding hydrogens is 739 g/mol. The molecule has 1 aliphatic rings. The van der Waals surface area contributed by atoms with E-state index < -0.39 is 28.3 Å². The van der Waals surface area contributed by atoms with Gasteiger partial charge < -0.3 is 33.7 Å². The third-order valence-electron chi connectivity index (χ3n) is 9.72. The van der Waals surface area contributed by atoms with Crippen LogP contribution in [0.25, 0.3) is 0 Å². The number of benzene rings is 4. The smallest absolute Gasteiger partial charge is 0.335 e. The van der Waals surface area contributed by atoms with Crippen LogP contribution in [0.4, 0.5) is 4.79 Å². The van der Waals surface area contributed by atoms with E-state index in [0.29, 0.717) is 37.8 Å². The number of carbonyl (C=O) groups excluding carboxylic acids is 1. The zero-order valence-corrected chi connectivity index (χ0v) is 36.3. The van der Waals surface area contributed by atoms with Gasteiger partial charge in [0.05, 0.1) is 25.8 Å². The van der Waals surface area contributed by atoms with Crippen LogP contribution in [0.2, 0.25) is 51.4 Å². The van der Waals surface area contributed by atoms with E-state index in [2.05, 4.69) is 56.4 Å². The summed E-state index contributed by atoms with van der Waals surface area (Å²) in [5.74, 6) is 1.27. The molecule has 4 aromatic rings. The van der Waals surface area contributed by atoms with Crippen LogP contribution in [-0.2, 0) is 33.8 Å². The number of ether oxygens (including phenoxy) is 5. The molecule has 0 aromatic heterocycles. The molecule has 1 N–H and O–H groups in total. The highest BCUT2D eigenvalue weighted by Gasteiger charge is 2.42. The van der Waals surface area contributed by atoms with Gasteiger partial charge in [-0.1, -0.05) is 118 Å². The Labute approximate surface area is 335 Å². The summed E-state index contributed by atoms with van der Waals surface area (Å²) in [6, 6.07) is 34.5. The lowest BCUT2D eigenvalue weighted by molar-refractivity contribution is -0.119. The molecule has 302 valence electrons. The minimum atomic E-state index is -1.31. The normalized spacial score (nSPS) is 16.9. The van der Waals surface area contributed by atoms with E-state index in [4.69, 9.17) is 23.7 Å². The van der Waals surface area contributed by atoms with E-state index in [0.717, 1.165) is 34.3 Å². The molecule has 0 radical (unpaired) electrons. The number of carbonyl (C=O) groups is 1. The molecule has 56 heavy (non-hydrogen) atoms. The molecule has 12 heteroatoms. The van der Waals surface area contributed by atoms with Crippen molar-refractivity contribution < 1.29 is 33.6 Å². The number of urea groups is 1. The van der Waals surface area contributed by atoms with Gasteiger partial charge >= 0.3 is 6.03 Å². The number of aromatic hydroxyl groups is 1. The molecule has 0 saturated carbocycles. The molecule has 2 atom stereocenters. The second-order valence-electron chi connectivity index (χ2n) is 16.8. The fourth-order valence-electron chi connectivity index (χ4n) is 6.53. The lowest BCUT2D eigenvalue weighted by atomic mass is 9.98. The van der Waals surface area contributed by atoms with Gasteiger partial charge in [-0.3, -0.25) is 5.01 Å². The Hall–Kier alpha value is -4.18. The van der Waals surface area contributed by atoms with Gasteiger partial charge in [0.1, 0.15) is 12.5 Å². The van der Waals surface area contributed by atoms with E-state index in [9.17, 15) is 5.11 Å². The van der Waals surface area contributed by atoms with Gasteiger partial charge in [-0.25, -0.2) is 9.80 Å². The molecule has 1 aliphatic heterocycles. The maximum absolute atomic E-state index is 15.3. The van der Waals surface area contributed by atoms with Crippen molar-refractivity contribution >= 4 is 22.2 Å². The quantitative estimate of drug-likeness (QED) is 0.0538. The fourth-order valence-corrected chi connectivity index (χ4v) is 8.04. The Kier molecular flexibility index (Phi) is 15.6. The van der Waals surface area contributed by atoms with Crippen molar-refractivity contribution in [3.05, 3.63) is 125 Å². The Morgan fingerprint density at radius 3 is 1.95 bits per heavy atom. The fraction of sp³-hybridized carbons (Fsp3) is 0.432. The summed E-state index contributed by atoms with van der Waals surface area (Å²) in [5.41, 5.74) is 3.67. The maximum atomic E-state index is 15.3. The van der Waals surface area contributed by atoms with Gasteiger partial charge in [-0.05, 0) is 58.6 Å². The number of phenols is 1. The molecule has 0 bridgehead atoms. The summed E-state index contributed by atoms with van der Waals surface area (Å²) >= 11 is 0. The van der Waals surface area contributed by atoms with E-state index in [1.54, 1.807) is 25.3 Å². The Morgan fingerprint density at radius 2 is 1.30 bits per heavy atom. The lowest BCUT2D eigenvalue weighted by Crippen LogP contribution is -2.49. The van der Waals surface area contributed by atoms with Gasteiger partial charge in [-0.15, -0.1) is 0 Å². The summed E-state index contributed by atoms with van der Waals surface area (Å²) in [6.07, 6.45) is -0.467. The predicted octanol–water partition coefficient (Wildman–Crippen LogP) is 9.39. The first-order chi connectivity index (χ1) is 26.8. The summed E-state index contributed by atoms with van der Waals surface area (Å²) in [7, 11) is -0.907.